The quantitative estimate of drug-likeness (QED) is 0.825. The van der Waals surface area contributed by atoms with Gasteiger partial charge in [-0.25, -0.2) is 0 Å². The molecule has 2 nitrogen and oxygen atoms in total. The fourth-order valence-electron chi connectivity index (χ4n) is 1.81. The van der Waals surface area contributed by atoms with Crippen molar-refractivity contribution in [1.82, 2.24) is 5.32 Å². The summed E-state index contributed by atoms with van der Waals surface area (Å²) in [5, 5.41) is 13.5. The van der Waals surface area contributed by atoms with E-state index in [0.717, 1.165) is 16.1 Å². The second-order valence-electron chi connectivity index (χ2n) is 4.18. The van der Waals surface area contributed by atoms with E-state index in [4.69, 9.17) is 11.6 Å². The van der Waals surface area contributed by atoms with Gasteiger partial charge in [-0.15, -0.1) is 0 Å². The maximum absolute atomic E-state index is 9.35. The molecule has 0 amide bonds. The molecule has 1 fully saturated rings. The Morgan fingerprint density at radius 3 is 2.80 bits per heavy atom. The lowest BCUT2D eigenvalue weighted by Crippen LogP contribution is -2.26. The van der Waals surface area contributed by atoms with Crippen LogP contribution in [-0.4, -0.2) is 17.8 Å². The van der Waals surface area contributed by atoms with E-state index in [1.165, 1.54) is 12.8 Å². The fourth-order valence-corrected chi connectivity index (χ4v) is 2.03. The molecule has 0 spiro atoms. The summed E-state index contributed by atoms with van der Waals surface area (Å²) in [6.45, 7) is 2.16. The summed E-state index contributed by atoms with van der Waals surface area (Å²) in [6.07, 6.45) is 2.45. The lowest BCUT2D eigenvalue weighted by Gasteiger charge is -2.18. The monoisotopic (exact) mass is 225 g/mol. The minimum absolute atomic E-state index is 0.0507. The zero-order chi connectivity index (χ0) is 10.8. The number of aryl methyl sites for hydroxylation is 1. The molecule has 15 heavy (non-hydrogen) atoms. The highest BCUT2D eigenvalue weighted by Gasteiger charge is 2.25. The summed E-state index contributed by atoms with van der Waals surface area (Å²) in [5.41, 5.74) is 2.28. The minimum atomic E-state index is 0.0507. The van der Waals surface area contributed by atoms with Gasteiger partial charge in [0.25, 0.3) is 0 Å². The van der Waals surface area contributed by atoms with Crippen LogP contribution in [0.3, 0.4) is 0 Å². The first kappa shape index (κ1) is 10.9. The van der Waals surface area contributed by atoms with Gasteiger partial charge in [-0.3, -0.25) is 0 Å². The van der Waals surface area contributed by atoms with Gasteiger partial charge in [-0.2, -0.15) is 0 Å². The van der Waals surface area contributed by atoms with Crippen LogP contribution in [0, 0.1) is 6.92 Å². The molecule has 1 saturated carbocycles. The Labute approximate surface area is 95.3 Å². The van der Waals surface area contributed by atoms with Gasteiger partial charge in [0, 0.05) is 11.1 Å². The maximum Gasteiger partial charge on any atom is 0.0626 e. The van der Waals surface area contributed by atoms with Crippen molar-refractivity contribution >= 4 is 11.6 Å². The summed E-state index contributed by atoms with van der Waals surface area (Å²) >= 11 is 5.90. The van der Waals surface area contributed by atoms with Gasteiger partial charge in [0.1, 0.15) is 0 Å². The summed E-state index contributed by atoms with van der Waals surface area (Å²) in [7, 11) is 0. The van der Waals surface area contributed by atoms with Crippen molar-refractivity contribution in [2.24, 2.45) is 0 Å². The van der Waals surface area contributed by atoms with Crippen molar-refractivity contribution in [3.8, 4) is 0 Å². The average Bonchev–Trinajstić information content (AvgIpc) is 2.99. The maximum atomic E-state index is 9.35. The number of benzene rings is 1. The Bertz CT molecular complexity index is 349. The molecule has 0 aliphatic heterocycles. The predicted molar refractivity (Wildman–Crippen MR) is 62.2 cm³/mol. The van der Waals surface area contributed by atoms with Crippen molar-refractivity contribution < 1.29 is 5.11 Å². The standard InChI is InChI=1S/C12H16ClNO/c1-8-6-9(13)2-5-11(8)12(7-15)14-10-3-4-10/h2,5-6,10,12,14-15H,3-4,7H2,1H3. The van der Waals surface area contributed by atoms with Gasteiger partial charge in [0.15, 0.2) is 0 Å². The van der Waals surface area contributed by atoms with Crippen LogP contribution in [0.25, 0.3) is 0 Å². The highest BCUT2D eigenvalue weighted by molar-refractivity contribution is 6.30. The molecule has 1 atom stereocenters. The summed E-state index contributed by atoms with van der Waals surface area (Å²) in [6, 6.07) is 6.45. The van der Waals surface area contributed by atoms with Crippen molar-refractivity contribution in [1.29, 1.82) is 0 Å². The van der Waals surface area contributed by atoms with Gasteiger partial charge in [0.2, 0.25) is 0 Å². The number of aliphatic hydroxyl groups excluding tert-OH is 1. The topological polar surface area (TPSA) is 32.3 Å². The van der Waals surface area contributed by atoms with Crippen LogP contribution in [0.4, 0.5) is 0 Å². The Balaban J connectivity index is 2.16. The van der Waals surface area contributed by atoms with Gasteiger partial charge in [-0.1, -0.05) is 17.7 Å². The highest BCUT2D eigenvalue weighted by Crippen LogP contribution is 2.26. The van der Waals surface area contributed by atoms with E-state index >= 15 is 0 Å². The second-order valence-corrected chi connectivity index (χ2v) is 4.61. The van der Waals surface area contributed by atoms with Gasteiger partial charge >= 0.3 is 0 Å². The van der Waals surface area contributed by atoms with E-state index in [1.807, 2.05) is 25.1 Å². The van der Waals surface area contributed by atoms with E-state index in [9.17, 15) is 5.11 Å². The Morgan fingerprint density at radius 1 is 1.53 bits per heavy atom. The largest absolute Gasteiger partial charge is 0.394 e. The normalized spacial score (nSPS) is 17.8. The number of halogens is 1. The van der Waals surface area contributed by atoms with E-state index in [1.54, 1.807) is 0 Å². The van der Waals surface area contributed by atoms with Crippen LogP contribution in [0.15, 0.2) is 18.2 Å². The van der Waals surface area contributed by atoms with Crippen LogP contribution in [0.5, 0.6) is 0 Å². The third kappa shape index (κ3) is 2.71. The molecule has 1 unspecified atom stereocenters. The summed E-state index contributed by atoms with van der Waals surface area (Å²) < 4.78 is 0. The van der Waals surface area contributed by atoms with Crippen molar-refractivity contribution in [3.63, 3.8) is 0 Å². The molecule has 3 heteroatoms. The third-order valence-corrected chi connectivity index (χ3v) is 3.04. The van der Waals surface area contributed by atoms with Crippen molar-refractivity contribution in [2.75, 3.05) is 6.61 Å². The SMILES string of the molecule is Cc1cc(Cl)ccc1C(CO)NC1CC1. The van der Waals surface area contributed by atoms with Crippen molar-refractivity contribution in [2.45, 2.75) is 31.8 Å². The number of hydrogen-bond donors (Lipinski definition) is 2. The zero-order valence-electron chi connectivity index (χ0n) is 8.83. The van der Waals surface area contributed by atoms with E-state index < -0.39 is 0 Å². The molecule has 2 N–H and O–H groups in total. The molecular weight excluding hydrogens is 210 g/mol. The number of rotatable bonds is 4. The Hall–Kier alpha value is -0.570. The van der Waals surface area contributed by atoms with E-state index in [-0.39, 0.29) is 12.6 Å². The number of aliphatic hydroxyl groups is 1. The third-order valence-electron chi connectivity index (χ3n) is 2.80. The van der Waals surface area contributed by atoms with Crippen molar-refractivity contribution in [3.05, 3.63) is 34.3 Å². The molecule has 0 heterocycles. The molecule has 1 aromatic rings. The zero-order valence-corrected chi connectivity index (χ0v) is 9.59. The smallest absolute Gasteiger partial charge is 0.0626 e. The molecule has 0 aromatic heterocycles. The molecule has 0 saturated heterocycles. The lowest BCUT2D eigenvalue weighted by atomic mass is 10.0. The van der Waals surface area contributed by atoms with Gasteiger partial charge in [0.05, 0.1) is 12.6 Å². The van der Waals surface area contributed by atoms with Gasteiger partial charge in [-0.05, 0) is 43.0 Å². The molecule has 0 radical (unpaired) electrons. The second kappa shape index (κ2) is 4.52. The van der Waals surface area contributed by atoms with E-state index in [2.05, 4.69) is 5.32 Å². The van der Waals surface area contributed by atoms with Crippen LogP contribution < -0.4 is 5.32 Å². The highest BCUT2D eigenvalue weighted by atomic mass is 35.5. The number of hydrogen-bond acceptors (Lipinski definition) is 2. The first-order valence-corrected chi connectivity index (χ1v) is 5.71. The molecule has 1 aliphatic carbocycles. The minimum Gasteiger partial charge on any atom is -0.394 e. The molecule has 82 valence electrons. The van der Waals surface area contributed by atoms with Crippen LogP contribution in [-0.2, 0) is 0 Å². The predicted octanol–water partition coefficient (Wildman–Crippen LogP) is 2.43. The summed E-state index contributed by atoms with van der Waals surface area (Å²) in [5.74, 6) is 0. The average molecular weight is 226 g/mol. The molecule has 1 aliphatic rings. The first-order chi connectivity index (χ1) is 7.20. The molecular formula is C12H16ClNO. The van der Waals surface area contributed by atoms with Gasteiger partial charge < -0.3 is 10.4 Å². The fraction of sp³-hybridized carbons (Fsp3) is 0.500. The Kier molecular flexibility index (Phi) is 3.29. The van der Waals surface area contributed by atoms with E-state index in [0.29, 0.717) is 6.04 Å². The molecule has 1 aromatic carbocycles. The Morgan fingerprint density at radius 2 is 2.27 bits per heavy atom. The molecule has 2 rings (SSSR count). The first-order valence-electron chi connectivity index (χ1n) is 5.33. The summed E-state index contributed by atoms with van der Waals surface area (Å²) in [4.78, 5) is 0. The molecule has 0 bridgehead atoms. The lowest BCUT2D eigenvalue weighted by molar-refractivity contribution is 0.243. The van der Waals surface area contributed by atoms with Crippen LogP contribution >= 0.6 is 11.6 Å². The van der Waals surface area contributed by atoms with Crippen LogP contribution in [0.1, 0.15) is 30.0 Å². The number of nitrogens with one attached hydrogen (secondary N) is 1. The van der Waals surface area contributed by atoms with Crippen LogP contribution in [0.2, 0.25) is 5.02 Å².